The first-order chi connectivity index (χ1) is 42.6. The van der Waals surface area contributed by atoms with Gasteiger partial charge >= 0.3 is 23.9 Å². The Balaban J connectivity index is 2.71. The molecule has 6 unspecified atom stereocenters. The van der Waals surface area contributed by atoms with Gasteiger partial charge in [-0.15, -0.1) is 0 Å². The van der Waals surface area contributed by atoms with Crippen molar-refractivity contribution in [3.63, 3.8) is 0 Å². The summed E-state index contributed by atoms with van der Waals surface area (Å²) in [5.41, 5.74) is 0. The topological polar surface area (TPSA) is 175 Å². The minimum Gasteiger partial charge on any atom is -0.479 e. The van der Waals surface area contributed by atoms with Crippen LogP contribution in [0.3, 0.4) is 0 Å². The quantitative estimate of drug-likeness (QED) is 0.0228. The Morgan fingerprint density at radius 2 is 0.747 bits per heavy atom. The monoisotopic (exact) mass is 1210 g/mol. The molecule has 1 saturated heterocycles. The number of unbranched alkanes of at least 4 members (excludes halogenated alkanes) is 21. The zero-order valence-electron chi connectivity index (χ0n) is 54.5. The molecule has 492 valence electrons. The van der Waals surface area contributed by atoms with Crippen LogP contribution in [0.15, 0.2) is 134 Å². The van der Waals surface area contributed by atoms with Crippen LogP contribution < -0.4 is 0 Å². The van der Waals surface area contributed by atoms with Crippen molar-refractivity contribution in [2.24, 2.45) is 0 Å². The van der Waals surface area contributed by atoms with Crippen LogP contribution in [0.4, 0.5) is 0 Å². The predicted octanol–water partition coefficient (Wildman–Crippen LogP) is 18.9. The van der Waals surface area contributed by atoms with E-state index in [9.17, 15) is 34.5 Å². The second kappa shape index (κ2) is 61.1. The van der Waals surface area contributed by atoms with Gasteiger partial charge in [0.2, 0.25) is 0 Å². The van der Waals surface area contributed by atoms with Crippen LogP contribution in [-0.4, -0.2) is 89.2 Å². The SMILES string of the molecule is CC/C=C\C/C=C\C/C=C\C/C=C\C/C=C\C/C=C\CCC(=O)OCC(COC1OC(C(=O)O)C(O)C(O)C1OC(=O)CCCCCCCC/C=C\C/C=C\C/C=C\CCCCC)OC(=O)CCCCCCCCCCC/C=C\C/C=C\CCCCC. The molecule has 0 aliphatic carbocycles. The summed E-state index contributed by atoms with van der Waals surface area (Å²) in [6, 6.07) is 0. The number of carboxylic acids is 1. The lowest BCUT2D eigenvalue weighted by atomic mass is 9.98. The van der Waals surface area contributed by atoms with E-state index in [-0.39, 0.29) is 25.9 Å². The van der Waals surface area contributed by atoms with Crippen LogP contribution in [0.5, 0.6) is 0 Å². The number of aliphatic carboxylic acids is 1. The number of hydrogen-bond acceptors (Lipinski definition) is 11. The second-order valence-electron chi connectivity index (χ2n) is 22.7. The average molecular weight is 1210 g/mol. The molecular weight excluding hydrogens is 1090 g/mol. The highest BCUT2D eigenvalue weighted by atomic mass is 16.7. The lowest BCUT2D eigenvalue weighted by Gasteiger charge is -2.40. The third kappa shape index (κ3) is 50.4. The average Bonchev–Trinajstić information content (AvgIpc) is 2.56. The molecule has 1 heterocycles. The highest BCUT2D eigenvalue weighted by Crippen LogP contribution is 2.26. The number of ether oxygens (including phenoxy) is 5. The van der Waals surface area contributed by atoms with Crippen LogP contribution in [0.25, 0.3) is 0 Å². The molecule has 1 aliphatic rings. The number of esters is 3. The van der Waals surface area contributed by atoms with E-state index in [1.807, 2.05) is 12.2 Å². The van der Waals surface area contributed by atoms with Crippen molar-refractivity contribution in [1.29, 1.82) is 0 Å². The maximum Gasteiger partial charge on any atom is 0.335 e. The Hall–Kier alpha value is -5.14. The van der Waals surface area contributed by atoms with Gasteiger partial charge in [-0.3, -0.25) is 14.4 Å². The van der Waals surface area contributed by atoms with E-state index in [0.29, 0.717) is 19.3 Å². The van der Waals surface area contributed by atoms with Crippen molar-refractivity contribution < 1.29 is 58.2 Å². The smallest absolute Gasteiger partial charge is 0.335 e. The molecule has 87 heavy (non-hydrogen) atoms. The van der Waals surface area contributed by atoms with E-state index >= 15 is 0 Å². The lowest BCUT2D eigenvalue weighted by Crippen LogP contribution is -2.61. The summed E-state index contributed by atoms with van der Waals surface area (Å²) in [4.78, 5) is 51.4. The Labute approximate surface area is 528 Å². The van der Waals surface area contributed by atoms with Gasteiger partial charge in [-0.05, 0) is 128 Å². The molecule has 1 rings (SSSR count). The third-order valence-corrected chi connectivity index (χ3v) is 14.7. The number of carbonyl (C=O) groups is 4. The Morgan fingerprint density at radius 3 is 1.15 bits per heavy atom. The molecule has 0 aromatic heterocycles. The van der Waals surface area contributed by atoms with E-state index < -0.39 is 67.3 Å². The predicted molar refractivity (Wildman–Crippen MR) is 358 cm³/mol. The first kappa shape index (κ1) is 79.9. The molecule has 0 saturated carbocycles. The maximum atomic E-state index is 13.2. The minimum absolute atomic E-state index is 0.0317. The van der Waals surface area contributed by atoms with Gasteiger partial charge in [-0.25, -0.2) is 4.79 Å². The summed E-state index contributed by atoms with van der Waals surface area (Å²) in [6.45, 7) is 5.78. The van der Waals surface area contributed by atoms with Gasteiger partial charge in [0.1, 0.15) is 18.8 Å². The molecule has 0 aromatic rings. The number of rotatable bonds is 57. The van der Waals surface area contributed by atoms with E-state index in [1.165, 1.54) is 70.6 Å². The fourth-order valence-corrected chi connectivity index (χ4v) is 9.49. The van der Waals surface area contributed by atoms with E-state index in [4.69, 9.17) is 23.7 Å². The zero-order valence-corrected chi connectivity index (χ0v) is 54.5. The van der Waals surface area contributed by atoms with Crippen LogP contribution in [0.1, 0.15) is 265 Å². The normalized spacial score (nSPS) is 18.2. The highest BCUT2D eigenvalue weighted by Gasteiger charge is 2.50. The van der Waals surface area contributed by atoms with Gasteiger partial charge in [-0.1, -0.05) is 251 Å². The standard InChI is InChI=1S/C75H120O12/c1-4-7-10-13-16-19-22-25-28-31-34-37-40-43-46-49-52-55-58-61-67(76)83-64-66(85-68(77)62-59-56-53-50-47-44-41-38-35-32-29-26-23-20-17-14-11-8-5-2)65-84-75-73(71(80)70(79)72(87-75)74(81)82)86-69(78)63-60-57-54-51-48-45-42-39-36-33-30-27-24-21-18-15-12-9-6-3/h7,10,16-21,25-30,34,36-37,39,43,46,52,55,66,70-73,75,79-80H,4-6,8-9,11-15,22-24,31-33,35,38,40-42,44-45,47-51,53-54,56-65H2,1-3H3,(H,81,82)/b10-7-,19-16-,20-17-,21-18-,28-25-,29-26-,30-27-,37-34-,39-36-,46-43-,55-52-. The van der Waals surface area contributed by atoms with Gasteiger partial charge < -0.3 is 39.0 Å². The zero-order chi connectivity index (χ0) is 63.1. The summed E-state index contributed by atoms with van der Waals surface area (Å²) in [7, 11) is 0. The summed E-state index contributed by atoms with van der Waals surface area (Å²) >= 11 is 0. The maximum absolute atomic E-state index is 13.2. The first-order valence-electron chi connectivity index (χ1n) is 34.2. The van der Waals surface area contributed by atoms with Gasteiger partial charge in [0.05, 0.1) is 6.61 Å². The Bertz CT molecular complexity index is 2020. The molecule has 0 bridgehead atoms. The number of aliphatic hydroxyl groups excluding tert-OH is 2. The molecule has 6 atom stereocenters. The van der Waals surface area contributed by atoms with Gasteiger partial charge in [-0.2, -0.15) is 0 Å². The molecule has 0 radical (unpaired) electrons. The van der Waals surface area contributed by atoms with Gasteiger partial charge in [0.15, 0.2) is 24.6 Å². The summed E-state index contributed by atoms with van der Waals surface area (Å²) in [6.07, 6.45) is 74.1. The van der Waals surface area contributed by atoms with Crippen LogP contribution in [-0.2, 0) is 42.9 Å². The number of carbonyl (C=O) groups excluding carboxylic acids is 3. The summed E-state index contributed by atoms with van der Waals surface area (Å²) in [5, 5.41) is 31.7. The van der Waals surface area contributed by atoms with Crippen LogP contribution in [0, 0.1) is 0 Å². The van der Waals surface area contributed by atoms with Crippen molar-refractivity contribution in [3.05, 3.63) is 134 Å². The van der Waals surface area contributed by atoms with E-state index in [0.717, 1.165) is 135 Å². The number of carboxylic acid groups (broad SMARTS) is 1. The van der Waals surface area contributed by atoms with Crippen molar-refractivity contribution >= 4 is 23.9 Å². The molecule has 1 fully saturated rings. The second-order valence-corrected chi connectivity index (χ2v) is 22.7. The molecule has 12 nitrogen and oxygen atoms in total. The fraction of sp³-hybridized carbons (Fsp3) is 0.653. The molecular formula is C75H120O12. The van der Waals surface area contributed by atoms with E-state index in [2.05, 4.69) is 142 Å². The van der Waals surface area contributed by atoms with Crippen molar-refractivity contribution in [3.8, 4) is 0 Å². The number of aliphatic hydroxyl groups is 2. The molecule has 1 aliphatic heterocycles. The molecule has 0 amide bonds. The largest absolute Gasteiger partial charge is 0.479 e. The van der Waals surface area contributed by atoms with Gasteiger partial charge in [0, 0.05) is 19.3 Å². The minimum atomic E-state index is -1.93. The number of allylic oxidation sites excluding steroid dienone is 22. The Morgan fingerprint density at radius 1 is 0.391 bits per heavy atom. The first-order valence-corrected chi connectivity index (χ1v) is 34.2. The molecule has 3 N–H and O–H groups in total. The van der Waals surface area contributed by atoms with Crippen LogP contribution >= 0.6 is 0 Å². The van der Waals surface area contributed by atoms with Crippen molar-refractivity contribution in [2.45, 2.75) is 302 Å². The van der Waals surface area contributed by atoms with Crippen LogP contribution in [0.2, 0.25) is 0 Å². The van der Waals surface area contributed by atoms with Crippen molar-refractivity contribution in [2.75, 3.05) is 13.2 Å². The highest BCUT2D eigenvalue weighted by molar-refractivity contribution is 5.74. The lowest BCUT2D eigenvalue weighted by molar-refractivity contribution is -0.301. The van der Waals surface area contributed by atoms with Gasteiger partial charge in [0.25, 0.3) is 0 Å². The third-order valence-electron chi connectivity index (χ3n) is 14.7. The molecule has 12 heteroatoms. The summed E-state index contributed by atoms with van der Waals surface area (Å²) in [5.74, 6) is -3.26. The summed E-state index contributed by atoms with van der Waals surface area (Å²) < 4.78 is 28.5. The number of hydrogen-bond donors (Lipinski definition) is 3. The molecule has 0 spiro atoms. The Kier molecular flexibility index (Phi) is 56.1. The van der Waals surface area contributed by atoms with Crippen molar-refractivity contribution in [1.82, 2.24) is 0 Å². The van der Waals surface area contributed by atoms with E-state index in [1.54, 1.807) is 0 Å². The fourth-order valence-electron chi connectivity index (χ4n) is 9.49. The molecule has 0 aromatic carbocycles.